The summed E-state index contributed by atoms with van der Waals surface area (Å²) in [5.41, 5.74) is 0.491. The van der Waals surface area contributed by atoms with Crippen LogP contribution in [0.2, 0.25) is 0 Å². The number of hydrogen-bond donors (Lipinski definition) is 1. The molecule has 0 aliphatic heterocycles. The van der Waals surface area contributed by atoms with Gasteiger partial charge in [0.15, 0.2) is 12.4 Å². The third-order valence-electron chi connectivity index (χ3n) is 3.81. The molecule has 0 saturated heterocycles. The number of nitrogens with one attached hydrogen (secondary N) is 1. The summed E-state index contributed by atoms with van der Waals surface area (Å²) in [6.45, 7) is -0.206. The van der Waals surface area contributed by atoms with Crippen LogP contribution >= 0.6 is 0 Å². The van der Waals surface area contributed by atoms with Gasteiger partial charge in [-0.2, -0.15) is 0 Å². The molecule has 0 spiro atoms. The fraction of sp³-hybridized carbons (Fsp3) is 0.130. The number of carbonyl (C=O) groups is 2. The number of anilines is 1. The van der Waals surface area contributed by atoms with Gasteiger partial charge in [0.05, 0.1) is 18.7 Å². The number of amides is 1. The van der Waals surface area contributed by atoms with E-state index in [4.69, 9.17) is 14.2 Å². The summed E-state index contributed by atoms with van der Waals surface area (Å²) in [6.07, 6.45) is 0.0515. The van der Waals surface area contributed by atoms with Gasteiger partial charge >= 0.3 is 5.97 Å². The number of rotatable bonds is 9. The first-order chi connectivity index (χ1) is 14.2. The quantitative estimate of drug-likeness (QED) is 0.546. The summed E-state index contributed by atoms with van der Waals surface area (Å²) in [5, 5.41) is 2.70. The maximum absolute atomic E-state index is 12.1. The van der Waals surface area contributed by atoms with Gasteiger partial charge in [0, 0.05) is 0 Å². The van der Waals surface area contributed by atoms with Crippen molar-refractivity contribution in [3.05, 3.63) is 84.9 Å². The van der Waals surface area contributed by atoms with Crippen molar-refractivity contribution >= 4 is 17.6 Å². The molecule has 148 valence electrons. The highest BCUT2D eigenvalue weighted by Crippen LogP contribution is 2.28. The second kappa shape index (κ2) is 10.5. The standard InChI is InChI=1S/C23H21NO5/c25-22(17-28-23(26)15-16-27-18-9-3-1-4-10-18)24-20-13-7-8-14-21(20)29-19-11-5-2-6-12-19/h1-14H,15-17H2,(H,24,25). The zero-order chi connectivity index (χ0) is 20.3. The Balaban J connectivity index is 1.44. The molecule has 0 fully saturated rings. The summed E-state index contributed by atoms with van der Waals surface area (Å²) < 4.78 is 16.2. The maximum atomic E-state index is 12.1. The van der Waals surface area contributed by atoms with Crippen LogP contribution in [0.1, 0.15) is 6.42 Å². The van der Waals surface area contributed by atoms with Crippen LogP contribution in [0.4, 0.5) is 5.69 Å². The van der Waals surface area contributed by atoms with E-state index in [1.54, 1.807) is 36.4 Å². The molecule has 6 nitrogen and oxygen atoms in total. The molecule has 0 radical (unpaired) electrons. The average molecular weight is 391 g/mol. The minimum Gasteiger partial charge on any atom is -0.493 e. The number of carbonyl (C=O) groups excluding carboxylic acids is 2. The Kier molecular flexibility index (Phi) is 7.23. The van der Waals surface area contributed by atoms with Gasteiger partial charge in [-0.15, -0.1) is 0 Å². The topological polar surface area (TPSA) is 73.9 Å². The summed E-state index contributed by atoms with van der Waals surface area (Å²) in [5.74, 6) is 0.859. The lowest BCUT2D eigenvalue weighted by Crippen LogP contribution is -2.21. The van der Waals surface area contributed by atoms with Crippen molar-refractivity contribution in [1.82, 2.24) is 0 Å². The molecule has 0 heterocycles. The molecule has 3 aromatic rings. The normalized spacial score (nSPS) is 10.1. The smallest absolute Gasteiger partial charge is 0.309 e. The van der Waals surface area contributed by atoms with Crippen LogP contribution in [-0.4, -0.2) is 25.1 Å². The van der Waals surface area contributed by atoms with Gasteiger partial charge in [-0.05, 0) is 36.4 Å². The van der Waals surface area contributed by atoms with Gasteiger partial charge in [-0.3, -0.25) is 9.59 Å². The Bertz CT molecular complexity index is 928. The summed E-state index contributed by atoms with van der Waals surface area (Å²) in [7, 11) is 0. The molecule has 29 heavy (non-hydrogen) atoms. The fourth-order valence-electron chi connectivity index (χ4n) is 2.45. The van der Waals surface area contributed by atoms with Crippen molar-refractivity contribution in [3.8, 4) is 17.2 Å². The third-order valence-corrected chi connectivity index (χ3v) is 3.81. The van der Waals surface area contributed by atoms with Crippen LogP contribution < -0.4 is 14.8 Å². The molecular formula is C23H21NO5. The Morgan fingerprint density at radius 1 is 0.759 bits per heavy atom. The molecule has 0 unspecified atom stereocenters. The van der Waals surface area contributed by atoms with E-state index in [2.05, 4.69) is 5.32 Å². The first-order valence-corrected chi connectivity index (χ1v) is 9.16. The Labute approximate surface area is 169 Å². The van der Waals surface area contributed by atoms with Gasteiger partial charge in [0.1, 0.15) is 11.5 Å². The Morgan fingerprint density at radius 3 is 2.10 bits per heavy atom. The highest BCUT2D eigenvalue weighted by molar-refractivity contribution is 5.94. The monoisotopic (exact) mass is 391 g/mol. The largest absolute Gasteiger partial charge is 0.493 e. The molecule has 3 aromatic carbocycles. The molecule has 0 saturated carbocycles. The average Bonchev–Trinajstić information content (AvgIpc) is 2.75. The molecule has 6 heteroatoms. The van der Waals surface area contributed by atoms with E-state index < -0.39 is 11.9 Å². The molecule has 0 aliphatic rings. The minimum atomic E-state index is -0.509. The third kappa shape index (κ3) is 6.70. The van der Waals surface area contributed by atoms with E-state index in [-0.39, 0.29) is 19.6 Å². The van der Waals surface area contributed by atoms with E-state index in [1.807, 2.05) is 48.5 Å². The van der Waals surface area contributed by atoms with Gasteiger partial charge in [0.25, 0.3) is 5.91 Å². The van der Waals surface area contributed by atoms with Crippen LogP contribution in [0.25, 0.3) is 0 Å². The van der Waals surface area contributed by atoms with Crippen LogP contribution in [0.3, 0.4) is 0 Å². The lowest BCUT2D eigenvalue weighted by molar-refractivity contribution is -0.147. The Morgan fingerprint density at radius 2 is 1.38 bits per heavy atom. The maximum Gasteiger partial charge on any atom is 0.309 e. The van der Waals surface area contributed by atoms with Gasteiger partial charge in [0.2, 0.25) is 0 Å². The van der Waals surface area contributed by atoms with Crippen LogP contribution in [0, 0.1) is 0 Å². The van der Waals surface area contributed by atoms with Crippen molar-refractivity contribution in [2.24, 2.45) is 0 Å². The first kappa shape index (κ1) is 19.9. The lowest BCUT2D eigenvalue weighted by Gasteiger charge is -2.12. The number of hydrogen-bond acceptors (Lipinski definition) is 5. The fourth-order valence-corrected chi connectivity index (χ4v) is 2.45. The number of ether oxygens (including phenoxy) is 3. The zero-order valence-corrected chi connectivity index (χ0v) is 15.7. The lowest BCUT2D eigenvalue weighted by atomic mass is 10.3. The van der Waals surface area contributed by atoms with Crippen molar-refractivity contribution < 1.29 is 23.8 Å². The SMILES string of the molecule is O=C(COC(=O)CCOc1ccccc1)Nc1ccccc1Oc1ccccc1. The highest BCUT2D eigenvalue weighted by Gasteiger charge is 2.11. The number of para-hydroxylation sites is 4. The van der Waals surface area contributed by atoms with E-state index in [0.29, 0.717) is 22.9 Å². The molecular weight excluding hydrogens is 370 g/mol. The molecule has 0 aliphatic carbocycles. The van der Waals surface area contributed by atoms with Crippen LogP contribution in [-0.2, 0) is 14.3 Å². The van der Waals surface area contributed by atoms with Crippen molar-refractivity contribution in [2.45, 2.75) is 6.42 Å². The molecule has 0 bridgehead atoms. The predicted molar refractivity (Wildman–Crippen MR) is 109 cm³/mol. The van der Waals surface area contributed by atoms with Crippen LogP contribution in [0.5, 0.6) is 17.2 Å². The predicted octanol–water partition coefficient (Wildman–Crippen LogP) is 4.43. The minimum absolute atomic E-state index is 0.0515. The van der Waals surface area contributed by atoms with Crippen molar-refractivity contribution in [3.63, 3.8) is 0 Å². The highest BCUT2D eigenvalue weighted by atomic mass is 16.5. The van der Waals surface area contributed by atoms with E-state index >= 15 is 0 Å². The molecule has 1 amide bonds. The molecule has 1 N–H and O–H groups in total. The zero-order valence-electron chi connectivity index (χ0n) is 15.7. The molecule has 3 rings (SSSR count). The second-order valence-corrected chi connectivity index (χ2v) is 6.03. The Hall–Kier alpha value is -3.80. The van der Waals surface area contributed by atoms with Crippen LogP contribution in [0.15, 0.2) is 84.9 Å². The van der Waals surface area contributed by atoms with Gasteiger partial charge in [-0.25, -0.2) is 0 Å². The van der Waals surface area contributed by atoms with Crippen molar-refractivity contribution in [1.29, 1.82) is 0 Å². The summed E-state index contributed by atoms with van der Waals surface area (Å²) in [4.78, 5) is 23.9. The van der Waals surface area contributed by atoms with Crippen molar-refractivity contribution in [2.75, 3.05) is 18.5 Å². The van der Waals surface area contributed by atoms with Gasteiger partial charge in [-0.1, -0.05) is 48.5 Å². The molecule has 0 aromatic heterocycles. The summed E-state index contributed by atoms with van der Waals surface area (Å²) in [6, 6.07) is 25.5. The summed E-state index contributed by atoms with van der Waals surface area (Å²) >= 11 is 0. The van der Waals surface area contributed by atoms with E-state index in [0.717, 1.165) is 0 Å². The van der Waals surface area contributed by atoms with Gasteiger partial charge < -0.3 is 19.5 Å². The number of benzene rings is 3. The van der Waals surface area contributed by atoms with E-state index in [9.17, 15) is 9.59 Å². The second-order valence-electron chi connectivity index (χ2n) is 6.03. The molecule has 0 atom stereocenters. The number of esters is 1. The van der Waals surface area contributed by atoms with E-state index in [1.165, 1.54) is 0 Å². The first-order valence-electron chi connectivity index (χ1n) is 9.16.